The Bertz CT molecular complexity index is 579. The van der Waals surface area contributed by atoms with Gasteiger partial charge in [0, 0.05) is 17.1 Å². The number of rotatable bonds is 0. The first kappa shape index (κ1) is 8.24. The Morgan fingerprint density at radius 2 is 1.80 bits per heavy atom. The van der Waals surface area contributed by atoms with Gasteiger partial charge in [-0.05, 0) is 23.1 Å². The molecule has 2 aromatic rings. The quantitative estimate of drug-likeness (QED) is 0.687. The van der Waals surface area contributed by atoms with E-state index in [0.717, 1.165) is 21.9 Å². The van der Waals surface area contributed by atoms with Crippen molar-refractivity contribution in [2.75, 3.05) is 0 Å². The number of nitrogens with one attached hydrogen (secondary N) is 1. The standard InChI is InChI=1S/C13H9NO/c15-13-11-6-2-5-9-3-1-4-10(12(9)11)7-8-14-13/h1-8H,(H,14,15). The molecule has 2 aromatic carbocycles. The largest absolute Gasteiger partial charge is 0.329 e. The van der Waals surface area contributed by atoms with Gasteiger partial charge in [0.05, 0.1) is 0 Å². The van der Waals surface area contributed by atoms with Gasteiger partial charge in [0.2, 0.25) is 0 Å². The van der Waals surface area contributed by atoms with Gasteiger partial charge >= 0.3 is 0 Å². The van der Waals surface area contributed by atoms with Crippen LogP contribution in [-0.4, -0.2) is 5.91 Å². The first-order valence-electron chi connectivity index (χ1n) is 4.85. The summed E-state index contributed by atoms with van der Waals surface area (Å²) in [4.78, 5) is 11.7. The summed E-state index contributed by atoms with van der Waals surface area (Å²) >= 11 is 0. The van der Waals surface area contributed by atoms with Gasteiger partial charge in [-0.1, -0.05) is 30.3 Å². The van der Waals surface area contributed by atoms with Crippen molar-refractivity contribution in [1.82, 2.24) is 5.32 Å². The van der Waals surface area contributed by atoms with Gasteiger partial charge in [0.1, 0.15) is 0 Å². The summed E-state index contributed by atoms with van der Waals surface area (Å²) in [7, 11) is 0. The smallest absolute Gasteiger partial charge is 0.255 e. The van der Waals surface area contributed by atoms with Crippen molar-refractivity contribution in [2.24, 2.45) is 0 Å². The van der Waals surface area contributed by atoms with Crippen molar-refractivity contribution < 1.29 is 4.79 Å². The fourth-order valence-electron chi connectivity index (χ4n) is 1.98. The molecule has 0 radical (unpaired) electrons. The maximum Gasteiger partial charge on any atom is 0.255 e. The fraction of sp³-hybridized carbons (Fsp3) is 0. The molecule has 0 saturated carbocycles. The molecule has 0 bridgehead atoms. The summed E-state index contributed by atoms with van der Waals surface area (Å²) in [6, 6.07) is 11.8. The van der Waals surface area contributed by atoms with Gasteiger partial charge in [0.15, 0.2) is 0 Å². The highest BCUT2D eigenvalue weighted by Crippen LogP contribution is 2.25. The van der Waals surface area contributed by atoms with E-state index in [0.29, 0.717) is 0 Å². The molecule has 2 nitrogen and oxygen atoms in total. The Balaban J connectivity index is 2.53. The second kappa shape index (κ2) is 2.95. The summed E-state index contributed by atoms with van der Waals surface area (Å²) in [5, 5.41) is 4.87. The van der Waals surface area contributed by atoms with Gasteiger partial charge < -0.3 is 5.32 Å². The third-order valence-corrected chi connectivity index (χ3v) is 2.66. The highest BCUT2D eigenvalue weighted by atomic mass is 16.1. The van der Waals surface area contributed by atoms with Crippen LogP contribution in [0, 0.1) is 0 Å². The zero-order valence-electron chi connectivity index (χ0n) is 8.03. The zero-order chi connectivity index (χ0) is 10.3. The molecule has 0 fully saturated rings. The Hall–Kier alpha value is -2.09. The van der Waals surface area contributed by atoms with Gasteiger partial charge in [-0.3, -0.25) is 4.79 Å². The molecule has 0 spiro atoms. The zero-order valence-corrected chi connectivity index (χ0v) is 8.03. The molecule has 1 aliphatic heterocycles. The van der Waals surface area contributed by atoms with E-state index in [1.54, 1.807) is 6.20 Å². The maximum absolute atomic E-state index is 11.7. The maximum atomic E-state index is 11.7. The first-order valence-corrected chi connectivity index (χ1v) is 4.85. The summed E-state index contributed by atoms with van der Waals surface area (Å²) < 4.78 is 0. The van der Waals surface area contributed by atoms with Crippen LogP contribution in [0.15, 0.2) is 42.6 Å². The van der Waals surface area contributed by atoms with E-state index < -0.39 is 0 Å². The minimum atomic E-state index is -0.0400. The topological polar surface area (TPSA) is 29.1 Å². The highest BCUT2D eigenvalue weighted by Gasteiger charge is 2.12. The van der Waals surface area contributed by atoms with E-state index in [1.165, 1.54) is 0 Å². The van der Waals surface area contributed by atoms with Crippen LogP contribution >= 0.6 is 0 Å². The van der Waals surface area contributed by atoms with Crippen LogP contribution in [-0.2, 0) is 0 Å². The second-order valence-corrected chi connectivity index (χ2v) is 3.56. The lowest BCUT2D eigenvalue weighted by atomic mass is 9.99. The average molecular weight is 195 g/mol. The molecule has 1 amide bonds. The Morgan fingerprint density at radius 3 is 2.67 bits per heavy atom. The van der Waals surface area contributed by atoms with Gasteiger partial charge in [-0.15, -0.1) is 0 Å². The van der Waals surface area contributed by atoms with E-state index in [-0.39, 0.29) is 5.91 Å². The van der Waals surface area contributed by atoms with Crippen LogP contribution < -0.4 is 5.32 Å². The molecule has 0 aromatic heterocycles. The summed E-state index contributed by atoms with van der Waals surface area (Å²) in [6.07, 6.45) is 3.62. The number of amides is 1. The number of carbonyl (C=O) groups excluding carboxylic acids is 1. The van der Waals surface area contributed by atoms with Crippen molar-refractivity contribution in [3.8, 4) is 0 Å². The monoisotopic (exact) mass is 195 g/mol. The number of hydrogen-bond acceptors (Lipinski definition) is 1. The predicted octanol–water partition coefficient (Wildman–Crippen LogP) is 2.55. The molecule has 0 saturated heterocycles. The van der Waals surface area contributed by atoms with E-state index in [4.69, 9.17) is 0 Å². The van der Waals surface area contributed by atoms with Gasteiger partial charge in [-0.2, -0.15) is 0 Å². The molecule has 72 valence electrons. The lowest BCUT2D eigenvalue weighted by molar-refractivity contribution is 0.0972. The molecule has 15 heavy (non-hydrogen) atoms. The van der Waals surface area contributed by atoms with E-state index in [9.17, 15) is 4.79 Å². The lowest BCUT2D eigenvalue weighted by Crippen LogP contribution is -2.15. The van der Waals surface area contributed by atoms with Crippen LogP contribution in [0.25, 0.3) is 16.8 Å². The van der Waals surface area contributed by atoms with E-state index >= 15 is 0 Å². The van der Waals surface area contributed by atoms with Crippen molar-refractivity contribution in [2.45, 2.75) is 0 Å². The second-order valence-electron chi connectivity index (χ2n) is 3.56. The molecule has 1 N–H and O–H groups in total. The molecular weight excluding hydrogens is 186 g/mol. The predicted molar refractivity (Wildman–Crippen MR) is 60.4 cm³/mol. The van der Waals surface area contributed by atoms with Crippen LogP contribution in [0.5, 0.6) is 0 Å². The van der Waals surface area contributed by atoms with Crippen LogP contribution in [0.4, 0.5) is 0 Å². The third kappa shape index (κ3) is 1.15. The van der Waals surface area contributed by atoms with Gasteiger partial charge in [0.25, 0.3) is 5.91 Å². The van der Waals surface area contributed by atoms with Crippen LogP contribution in [0.1, 0.15) is 15.9 Å². The SMILES string of the molecule is O=C1NC=Cc2cccc3cccc1c23. The van der Waals surface area contributed by atoms with E-state index in [1.807, 2.05) is 42.5 Å². The molecule has 0 atom stereocenters. The lowest BCUT2D eigenvalue weighted by Gasteiger charge is -2.05. The number of benzene rings is 2. The van der Waals surface area contributed by atoms with Crippen molar-refractivity contribution in [1.29, 1.82) is 0 Å². The fourth-order valence-corrected chi connectivity index (χ4v) is 1.98. The number of hydrogen-bond donors (Lipinski definition) is 1. The summed E-state index contributed by atoms with van der Waals surface area (Å²) in [5.74, 6) is -0.0400. The normalized spacial score (nSPS) is 13.7. The molecule has 1 aliphatic rings. The molecule has 1 heterocycles. The highest BCUT2D eigenvalue weighted by molar-refractivity contribution is 6.11. The number of carbonyl (C=O) groups is 1. The molecule has 0 aliphatic carbocycles. The van der Waals surface area contributed by atoms with Gasteiger partial charge in [-0.25, -0.2) is 0 Å². The van der Waals surface area contributed by atoms with Crippen molar-refractivity contribution in [3.05, 3.63) is 53.7 Å². The first-order chi connectivity index (χ1) is 7.36. The van der Waals surface area contributed by atoms with Crippen LogP contribution in [0.3, 0.4) is 0 Å². The molecule has 3 rings (SSSR count). The minimum absolute atomic E-state index is 0.0400. The van der Waals surface area contributed by atoms with Crippen LogP contribution in [0.2, 0.25) is 0 Å². The summed E-state index contributed by atoms with van der Waals surface area (Å²) in [6.45, 7) is 0. The molecule has 2 heteroatoms. The Morgan fingerprint density at radius 1 is 1.00 bits per heavy atom. The average Bonchev–Trinajstić information content (AvgIpc) is 2.42. The minimum Gasteiger partial charge on any atom is -0.329 e. The van der Waals surface area contributed by atoms with Crippen molar-refractivity contribution >= 4 is 22.8 Å². The Labute approximate surface area is 87.2 Å². The molecular formula is C13H9NO. The van der Waals surface area contributed by atoms with Crippen molar-refractivity contribution in [3.63, 3.8) is 0 Å². The Kier molecular flexibility index (Phi) is 1.62. The molecule has 0 unspecified atom stereocenters. The third-order valence-electron chi connectivity index (χ3n) is 2.66. The van der Waals surface area contributed by atoms with E-state index in [2.05, 4.69) is 5.32 Å². The summed E-state index contributed by atoms with van der Waals surface area (Å²) in [5.41, 5.74) is 1.83.